The van der Waals surface area contributed by atoms with E-state index in [2.05, 4.69) is 21.0 Å². The highest BCUT2D eigenvalue weighted by atomic mass is 79.9. The van der Waals surface area contributed by atoms with Crippen LogP contribution in [0.2, 0.25) is 0 Å². The van der Waals surface area contributed by atoms with Gasteiger partial charge >= 0.3 is 12.3 Å². The molecule has 0 aromatic carbocycles. The largest absolute Gasteiger partial charge is 0.343 e. The van der Waals surface area contributed by atoms with Crippen LogP contribution in [0, 0.1) is 0 Å². The number of aromatic nitrogens is 2. The summed E-state index contributed by atoms with van der Waals surface area (Å²) in [5.74, 6) is -4.78. The topological polar surface area (TPSA) is 17.8 Å². The highest BCUT2D eigenvalue weighted by molar-refractivity contribution is 9.10. The van der Waals surface area contributed by atoms with Crippen molar-refractivity contribution in [3.05, 3.63) is 16.4 Å². The van der Waals surface area contributed by atoms with Crippen LogP contribution >= 0.6 is 27.5 Å². The van der Waals surface area contributed by atoms with Gasteiger partial charge in [-0.25, -0.2) is 13.2 Å². The molecule has 0 saturated heterocycles. The number of nitrogens with zero attached hydrogens (tertiary/aromatic N) is 2. The summed E-state index contributed by atoms with van der Waals surface area (Å²) in [6.07, 6.45) is -6.17. The maximum absolute atomic E-state index is 13.2. The standard InChI is InChI=1S/C7H5BrClF5N2/c8-3-1-16(2-9)15-4(3)5(10)7(13,14)6(11)12/h1,5-6H,2H2. The van der Waals surface area contributed by atoms with Gasteiger partial charge in [-0.15, -0.1) is 11.6 Å². The maximum atomic E-state index is 13.2. The van der Waals surface area contributed by atoms with Crippen molar-refractivity contribution in [3.63, 3.8) is 0 Å². The van der Waals surface area contributed by atoms with Gasteiger partial charge < -0.3 is 0 Å². The van der Waals surface area contributed by atoms with Crippen LogP contribution in [0.1, 0.15) is 11.9 Å². The molecule has 0 fully saturated rings. The second kappa shape index (κ2) is 4.87. The number of rotatable bonds is 4. The average Bonchev–Trinajstić information content (AvgIpc) is 2.58. The van der Waals surface area contributed by atoms with Crippen LogP contribution < -0.4 is 0 Å². The number of alkyl halides is 6. The molecule has 1 unspecified atom stereocenters. The molecule has 0 saturated carbocycles. The van der Waals surface area contributed by atoms with Crippen molar-refractivity contribution in [2.24, 2.45) is 0 Å². The summed E-state index contributed by atoms with van der Waals surface area (Å²) in [6.45, 7) is 0. The van der Waals surface area contributed by atoms with Crippen LogP contribution in [0.5, 0.6) is 0 Å². The Labute approximate surface area is 100 Å². The molecular weight excluding hydrogens is 322 g/mol. The fraction of sp³-hybridized carbons (Fsp3) is 0.571. The second-order valence-corrected chi connectivity index (χ2v) is 3.95. The monoisotopic (exact) mass is 326 g/mol. The zero-order valence-electron chi connectivity index (χ0n) is 7.48. The van der Waals surface area contributed by atoms with E-state index in [-0.39, 0.29) is 10.5 Å². The molecule has 9 heteroatoms. The lowest BCUT2D eigenvalue weighted by Crippen LogP contribution is -2.32. The Morgan fingerprint density at radius 1 is 1.44 bits per heavy atom. The van der Waals surface area contributed by atoms with E-state index < -0.39 is 24.2 Å². The van der Waals surface area contributed by atoms with Gasteiger partial charge in [0.25, 0.3) is 0 Å². The first kappa shape index (κ1) is 13.7. The van der Waals surface area contributed by atoms with Crippen molar-refractivity contribution >= 4 is 27.5 Å². The molecule has 0 aliphatic carbocycles. The third-order valence-corrected chi connectivity index (χ3v) is 2.59. The van der Waals surface area contributed by atoms with E-state index in [0.29, 0.717) is 0 Å². The van der Waals surface area contributed by atoms with Gasteiger partial charge in [-0.1, -0.05) is 0 Å². The predicted octanol–water partition coefficient (Wildman–Crippen LogP) is 3.75. The Balaban J connectivity index is 3.04. The normalized spacial score (nSPS) is 14.5. The molecule has 1 rings (SSSR count). The van der Waals surface area contributed by atoms with Gasteiger partial charge in [-0.3, -0.25) is 4.68 Å². The molecule has 1 aromatic rings. The van der Waals surface area contributed by atoms with Crippen LogP contribution in [0.15, 0.2) is 10.7 Å². The third-order valence-electron chi connectivity index (χ3n) is 1.73. The van der Waals surface area contributed by atoms with Crippen molar-refractivity contribution in [2.45, 2.75) is 24.5 Å². The number of halogens is 7. The second-order valence-electron chi connectivity index (χ2n) is 2.86. The maximum Gasteiger partial charge on any atom is 0.343 e. The number of hydrogen-bond donors (Lipinski definition) is 0. The highest BCUT2D eigenvalue weighted by Gasteiger charge is 2.52. The van der Waals surface area contributed by atoms with E-state index in [1.54, 1.807) is 0 Å². The summed E-state index contributed by atoms with van der Waals surface area (Å²) in [6, 6.07) is -0.203. The molecular formula is C7H5BrClF5N2. The summed E-state index contributed by atoms with van der Waals surface area (Å²) in [7, 11) is 0. The molecule has 1 heterocycles. The van der Waals surface area contributed by atoms with E-state index in [1.165, 1.54) is 0 Å². The molecule has 16 heavy (non-hydrogen) atoms. The SMILES string of the molecule is FC(F)C(F)(F)C(F)c1nn(CCl)cc1Br. The Bertz CT molecular complexity index is 370. The minimum absolute atomic E-state index is 0.138. The van der Waals surface area contributed by atoms with Crippen molar-refractivity contribution < 1.29 is 22.0 Å². The quantitative estimate of drug-likeness (QED) is 0.608. The Kier molecular flexibility index (Phi) is 4.17. The summed E-state index contributed by atoms with van der Waals surface area (Å²) < 4.78 is 63.2. The first-order valence-electron chi connectivity index (χ1n) is 3.89. The van der Waals surface area contributed by atoms with Gasteiger partial charge in [-0.2, -0.15) is 13.9 Å². The van der Waals surface area contributed by atoms with Crippen LogP contribution in [0.3, 0.4) is 0 Å². The lowest BCUT2D eigenvalue weighted by molar-refractivity contribution is -0.173. The summed E-state index contributed by atoms with van der Waals surface area (Å²) in [5, 5.41) is 3.33. The van der Waals surface area contributed by atoms with Gasteiger partial charge in [0, 0.05) is 6.20 Å². The Morgan fingerprint density at radius 2 is 2.00 bits per heavy atom. The van der Waals surface area contributed by atoms with Crippen molar-refractivity contribution in [3.8, 4) is 0 Å². The van der Waals surface area contributed by atoms with Crippen LogP contribution in [-0.2, 0) is 6.00 Å². The molecule has 0 spiro atoms. The molecule has 1 aromatic heterocycles. The molecule has 0 amide bonds. The smallest absolute Gasteiger partial charge is 0.256 e. The van der Waals surface area contributed by atoms with E-state index in [0.717, 1.165) is 10.9 Å². The lowest BCUT2D eigenvalue weighted by atomic mass is 10.1. The zero-order valence-corrected chi connectivity index (χ0v) is 9.82. The van der Waals surface area contributed by atoms with Crippen molar-refractivity contribution in [1.29, 1.82) is 0 Å². The van der Waals surface area contributed by atoms with Gasteiger partial charge in [-0.05, 0) is 15.9 Å². The Hall–Kier alpha value is -0.370. The van der Waals surface area contributed by atoms with Crippen LogP contribution in [-0.4, -0.2) is 22.1 Å². The minimum atomic E-state index is -4.78. The Morgan fingerprint density at radius 3 is 2.38 bits per heavy atom. The molecule has 0 N–H and O–H groups in total. The summed E-state index contributed by atoms with van der Waals surface area (Å²) in [5.41, 5.74) is -0.800. The third kappa shape index (κ3) is 2.48. The predicted molar refractivity (Wildman–Crippen MR) is 50.6 cm³/mol. The molecule has 92 valence electrons. The van der Waals surface area contributed by atoms with Crippen molar-refractivity contribution in [2.75, 3.05) is 0 Å². The molecule has 0 aliphatic rings. The highest BCUT2D eigenvalue weighted by Crippen LogP contribution is 2.41. The van der Waals surface area contributed by atoms with Crippen LogP contribution in [0.25, 0.3) is 0 Å². The van der Waals surface area contributed by atoms with E-state index in [9.17, 15) is 22.0 Å². The van der Waals surface area contributed by atoms with Gasteiger partial charge in [0.05, 0.1) is 4.47 Å². The fourth-order valence-corrected chi connectivity index (χ4v) is 1.58. The van der Waals surface area contributed by atoms with Crippen molar-refractivity contribution in [1.82, 2.24) is 9.78 Å². The van der Waals surface area contributed by atoms with E-state index in [4.69, 9.17) is 11.6 Å². The van der Waals surface area contributed by atoms with Gasteiger partial charge in [0.15, 0.2) is 0 Å². The molecule has 1 atom stereocenters. The minimum Gasteiger partial charge on any atom is -0.256 e. The summed E-state index contributed by atoms with van der Waals surface area (Å²) >= 11 is 8.06. The van der Waals surface area contributed by atoms with Gasteiger partial charge in [0.1, 0.15) is 11.7 Å². The van der Waals surface area contributed by atoms with E-state index in [1.807, 2.05) is 0 Å². The first-order chi connectivity index (χ1) is 7.30. The lowest BCUT2D eigenvalue weighted by Gasteiger charge is -2.18. The first-order valence-corrected chi connectivity index (χ1v) is 5.22. The summed E-state index contributed by atoms with van der Waals surface area (Å²) in [4.78, 5) is 0. The molecule has 0 aliphatic heterocycles. The number of hydrogen-bond acceptors (Lipinski definition) is 1. The average molecular weight is 327 g/mol. The zero-order chi connectivity index (χ0) is 12.5. The fourth-order valence-electron chi connectivity index (χ4n) is 0.938. The van der Waals surface area contributed by atoms with E-state index >= 15 is 0 Å². The molecule has 0 radical (unpaired) electrons. The molecule has 0 bridgehead atoms. The van der Waals surface area contributed by atoms with Gasteiger partial charge in [0.2, 0.25) is 6.17 Å². The van der Waals surface area contributed by atoms with Crippen LogP contribution in [0.4, 0.5) is 22.0 Å². The molecule has 2 nitrogen and oxygen atoms in total.